The molecule has 1 amide bonds. The van der Waals surface area contributed by atoms with Crippen LogP contribution in [0.3, 0.4) is 0 Å². The molecule has 0 unspecified atom stereocenters. The number of ether oxygens (including phenoxy) is 1. The zero-order valence-corrected chi connectivity index (χ0v) is 16.7. The van der Waals surface area contributed by atoms with E-state index in [2.05, 4.69) is 24.9 Å². The van der Waals surface area contributed by atoms with Gasteiger partial charge in [-0.05, 0) is 49.6 Å². The van der Waals surface area contributed by atoms with E-state index in [9.17, 15) is 4.79 Å². The van der Waals surface area contributed by atoms with Gasteiger partial charge in [0.15, 0.2) is 5.76 Å². The van der Waals surface area contributed by atoms with Crippen molar-refractivity contribution in [3.05, 3.63) is 69.6 Å². The van der Waals surface area contributed by atoms with E-state index in [4.69, 9.17) is 9.15 Å². The van der Waals surface area contributed by atoms with Gasteiger partial charge in [-0.3, -0.25) is 4.79 Å². The number of thiazole rings is 1. The number of aromatic nitrogens is 1. The van der Waals surface area contributed by atoms with Crippen molar-refractivity contribution in [3.63, 3.8) is 0 Å². The number of carbonyl (C=O) groups is 1. The molecule has 0 aliphatic carbocycles. The van der Waals surface area contributed by atoms with Gasteiger partial charge in [-0.1, -0.05) is 19.1 Å². The molecular weight excluding hydrogens is 360 g/mol. The lowest BCUT2D eigenvalue weighted by Crippen LogP contribution is -2.31. The van der Waals surface area contributed by atoms with Crippen LogP contribution in [0.5, 0.6) is 5.75 Å². The summed E-state index contributed by atoms with van der Waals surface area (Å²) in [5, 5.41) is 2.88. The molecule has 0 saturated carbocycles. The second-order valence-corrected chi connectivity index (χ2v) is 7.37. The Morgan fingerprint density at radius 3 is 2.85 bits per heavy atom. The molecular formula is C21H24N2O3S. The minimum absolute atomic E-state index is 0.108. The standard InChI is InChI=1S/C21H24N2O3S/c1-4-10-23(21(24)19-9-6-11-25-19)12-17-14-27-20(22-17)13-26-18-8-5-7-15(2)16(18)3/h5-9,11,14H,4,10,12-13H2,1-3H3. The molecule has 0 saturated heterocycles. The van der Waals surface area contributed by atoms with Crippen molar-refractivity contribution >= 4 is 17.2 Å². The molecule has 0 bridgehead atoms. The average molecular weight is 385 g/mol. The maximum Gasteiger partial charge on any atom is 0.289 e. The third-order valence-electron chi connectivity index (χ3n) is 4.37. The molecule has 0 spiro atoms. The largest absolute Gasteiger partial charge is 0.486 e. The second kappa shape index (κ2) is 8.86. The van der Waals surface area contributed by atoms with Gasteiger partial charge < -0.3 is 14.1 Å². The van der Waals surface area contributed by atoms with E-state index in [1.54, 1.807) is 28.4 Å². The van der Waals surface area contributed by atoms with Gasteiger partial charge in [0.2, 0.25) is 0 Å². The zero-order valence-electron chi connectivity index (χ0n) is 15.9. The SMILES string of the molecule is CCCN(Cc1csc(COc2cccc(C)c2C)n1)C(=O)c1ccco1. The molecule has 0 aliphatic heterocycles. The van der Waals surface area contributed by atoms with Gasteiger partial charge >= 0.3 is 0 Å². The highest BCUT2D eigenvalue weighted by Crippen LogP contribution is 2.23. The second-order valence-electron chi connectivity index (χ2n) is 6.42. The van der Waals surface area contributed by atoms with Crippen LogP contribution in [-0.4, -0.2) is 22.3 Å². The third kappa shape index (κ3) is 4.77. The minimum atomic E-state index is -0.108. The Bertz CT molecular complexity index is 887. The van der Waals surface area contributed by atoms with Crippen LogP contribution < -0.4 is 4.74 Å². The van der Waals surface area contributed by atoms with Crippen LogP contribution in [0.4, 0.5) is 0 Å². The molecule has 0 fully saturated rings. The van der Waals surface area contributed by atoms with Crippen molar-refractivity contribution in [1.29, 1.82) is 0 Å². The summed E-state index contributed by atoms with van der Waals surface area (Å²) in [5.41, 5.74) is 3.22. The molecule has 2 aromatic heterocycles. The molecule has 2 heterocycles. The Kier molecular flexibility index (Phi) is 6.29. The number of carbonyl (C=O) groups excluding carboxylic acids is 1. The predicted octanol–water partition coefficient (Wildman–Crippen LogP) is 4.98. The number of amides is 1. The highest BCUT2D eigenvalue weighted by atomic mass is 32.1. The normalized spacial score (nSPS) is 10.8. The molecule has 0 aliphatic rings. The highest BCUT2D eigenvalue weighted by molar-refractivity contribution is 7.09. The lowest BCUT2D eigenvalue weighted by atomic mass is 10.1. The number of benzene rings is 1. The molecule has 3 aromatic rings. The molecule has 1 aromatic carbocycles. The highest BCUT2D eigenvalue weighted by Gasteiger charge is 2.19. The molecule has 6 heteroatoms. The van der Waals surface area contributed by atoms with E-state index in [0.717, 1.165) is 28.4 Å². The fourth-order valence-electron chi connectivity index (χ4n) is 2.78. The van der Waals surface area contributed by atoms with Crippen molar-refractivity contribution < 1.29 is 13.9 Å². The number of hydrogen-bond donors (Lipinski definition) is 0. The van der Waals surface area contributed by atoms with Crippen molar-refractivity contribution in [1.82, 2.24) is 9.88 Å². The average Bonchev–Trinajstić information content (AvgIpc) is 3.34. The van der Waals surface area contributed by atoms with E-state index in [1.165, 1.54) is 11.8 Å². The fraction of sp³-hybridized carbons (Fsp3) is 0.333. The van der Waals surface area contributed by atoms with E-state index in [0.29, 0.717) is 25.5 Å². The summed E-state index contributed by atoms with van der Waals surface area (Å²) < 4.78 is 11.2. The third-order valence-corrected chi connectivity index (χ3v) is 5.24. The van der Waals surface area contributed by atoms with Gasteiger partial charge in [0, 0.05) is 11.9 Å². The van der Waals surface area contributed by atoms with Crippen LogP contribution >= 0.6 is 11.3 Å². The molecule has 5 nitrogen and oxygen atoms in total. The van der Waals surface area contributed by atoms with Gasteiger partial charge in [-0.2, -0.15) is 0 Å². The molecule has 3 rings (SSSR count). The van der Waals surface area contributed by atoms with Gasteiger partial charge in [0.1, 0.15) is 17.4 Å². The lowest BCUT2D eigenvalue weighted by molar-refractivity contribution is 0.0709. The van der Waals surface area contributed by atoms with Gasteiger partial charge in [-0.25, -0.2) is 4.98 Å². The van der Waals surface area contributed by atoms with Crippen LogP contribution in [0.15, 0.2) is 46.4 Å². The monoisotopic (exact) mass is 384 g/mol. The molecule has 0 atom stereocenters. The zero-order chi connectivity index (χ0) is 19.2. The Balaban J connectivity index is 1.63. The maximum absolute atomic E-state index is 12.6. The minimum Gasteiger partial charge on any atom is -0.486 e. The molecule has 27 heavy (non-hydrogen) atoms. The van der Waals surface area contributed by atoms with Crippen LogP contribution in [0.25, 0.3) is 0 Å². The number of rotatable bonds is 8. The van der Waals surface area contributed by atoms with E-state index >= 15 is 0 Å². The molecule has 142 valence electrons. The number of hydrogen-bond acceptors (Lipinski definition) is 5. The molecule has 0 N–H and O–H groups in total. The van der Waals surface area contributed by atoms with Crippen LogP contribution in [0.2, 0.25) is 0 Å². The summed E-state index contributed by atoms with van der Waals surface area (Å²) in [4.78, 5) is 19.0. The van der Waals surface area contributed by atoms with Crippen molar-refractivity contribution in [3.8, 4) is 5.75 Å². The maximum atomic E-state index is 12.6. The topological polar surface area (TPSA) is 55.6 Å². The van der Waals surface area contributed by atoms with Crippen molar-refractivity contribution in [2.24, 2.45) is 0 Å². The van der Waals surface area contributed by atoms with Crippen LogP contribution in [0.1, 0.15) is 45.7 Å². The first-order valence-corrected chi connectivity index (χ1v) is 9.91. The Hall–Kier alpha value is -2.60. The summed E-state index contributed by atoms with van der Waals surface area (Å²) in [6, 6.07) is 9.45. The number of furan rings is 1. The Labute approximate surface area is 163 Å². The first kappa shape index (κ1) is 19.2. The van der Waals surface area contributed by atoms with Crippen molar-refractivity contribution in [2.45, 2.75) is 40.3 Å². The smallest absolute Gasteiger partial charge is 0.289 e. The van der Waals surface area contributed by atoms with Crippen LogP contribution in [0, 0.1) is 13.8 Å². The predicted molar refractivity (Wildman–Crippen MR) is 106 cm³/mol. The van der Waals surface area contributed by atoms with E-state index < -0.39 is 0 Å². The molecule has 0 radical (unpaired) electrons. The van der Waals surface area contributed by atoms with Gasteiger partial charge in [-0.15, -0.1) is 11.3 Å². The lowest BCUT2D eigenvalue weighted by Gasteiger charge is -2.19. The van der Waals surface area contributed by atoms with Gasteiger partial charge in [0.25, 0.3) is 5.91 Å². The van der Waals surface area contributed by atoms with E-state index in [1.807, 2.05) is 24.4 Å². The van der Waals surface area contributed by atoms with Gasteiger partial charge in [0.05, 0.1) is 18.5 Å². The van der Waals surface area contributed by atoms with Crippen LogP contribution in [-0.2, 0) is 13.2 Å². The fourth-order valence-corrected chi connectivity index (χ4v) is 3.48. The first-order valence-electron chi connectivity index (χ1n) is 9.03. The summed E-state index contributed by atoms with van der Waals surface area (Å²) in [5.74, 6) is 1.13. The number of nitrogens with zero attached hydrogens (tertiary/aromatic N) is 2. The summed E-state index contributed by atoms with van der Waals surface area (Å²) in [6.07, 6.45) is 2.39. The van der Waals surface area contributed by atoms with Crippen molar-refractivity contribution in [2.75, 3.05) is 6.54 Å². The summed E-state index contributed by atoms with van der Waals surface area (Å²) in [6.45, 7) is 7.73. The Morgan fingerprint density at radius 2 is 2.11 bits per heavy atom. The van der Waals surface area contributed by atoms with E-state index in [-0.39, 0.29) is 5.91 Å². The first-order chi connectivity index (χ1) is 13.1. The number of aryl methyl sites for hydroxylation is 1. The quantitative estimate of drug-likeness (QED) is 0.549. The summed E-state index contributed by atoms with van der Waals surface area (Å²) >= 11 is 1.55. The Morgan fingerprint density at radius 1 is 1.26 bits per heavy atom. The summed E-state index contributed by atoms with van der Waals surface area (Å²) in [7, 11) is 0.